The van der Waals surface area contributed by atoms with Crippen LogP contribution in [0.25, 0.3) is 5.76 Å². The van der Waals surface area contributed by atoms with Crippen LogP contribution in [0.2, 0.25) is 0 Å². The van der Waals surface area contributed by atoms with Crippen LogP contribution in [0, 0.1) is 0 Å². The molecule has 5 aromatic rings. The Morgan fingerprint density at radius 3 is 1.65 bits per heavy atom. The molecule has 0 bridgehead atoms. The summed E-state index contributed by atoms with van der Waals surface area (Å²) in [6.07, 6.45) is 0.644. The molecule has 4 heteroatoms. The maximum atomic E-state index is 6.46. The Bertz CT molecular complexity index is 1580. The van der Waals surface area contributed by atoms with Crippen molar-refractivity contribution in [2.24, 2.45) is 0 Å². The third kappa shape index (κ3) is 6.19. The average Bonchev–Trinajstić information content (AvgIpc) is 3.03. The highest BCUT2D eigenvalue weighted by molar-refractivity contribution is 5.69. The molecule has 1 aliphatic heterocycles. The second kappa shape index (κ2) is 12.3. The van der Waals surface area contributed by atoms with E-state index in [9.17, 15) is 0 Å². The van der Waals surface area contributed by atoms with Gasteiger partial charge >= 0.3 is 0 Å². The summed E-state index contributed by atoms with van der Waals surface area (Å²) in [5.41, 5.74) is 5.23. The Morgan fingerprint density at radius 1 is 0.500 bits per heavy atom. The predicted octanol–water partition coefficient (Wildman–Crippen LogP) is 8.37. The topological polar surface area (TPSA) is 36.9 Å². The Hall–Kier alpha value is -4.96. The standard InChI is InChI=1S/C36H30O4/c1-4-12-27(13-5-1)24-37-33-21-20-31(23-34(33)38-25-28-14-6-2-7-15-28)36-35(39-26-29-16-8-3-9-17-29)22-30-18-10-11-19-32(30)40-36/h1-21,23H,22,24-26H2. The largest absolute Gasteiger partial charge is 0.489 e. The number of rotatable bonds is 10. The van der Waals surface area contributed by atoms with Crippen molar-refractivity contribution in [3.05, 3.63) is 167 Å². The van der Waals surface area contributed by atoms with Crippen LogP contribution in [0.15, 0.2) is 139 Å². The van der Waals surface area contributed by atoms with Gasteiger partial charge in [0.1, 0.15) is 31.3 Å². The van der Waals surface area contributed by atoms with Gasteiger partial charge in [0.25, 0.3) is 0 Å². The number of para-hydroxylation sites is 1. The molecule has 0 radical (unpaired) electrons. The maximum absolute atomic E-state index is 6.46. The van der Waals surface area contributed by atoms with E-state index in [0.29, 0.717) is 43.5 Å². The summed E-state index contributed by atoms with van der Waals surface area (Å²) in [4.78, 5) is 0. The highest BCUT2D eigenvalue weighted by atomic mass is 16.5. The van der Waals surface area contributed by atoms with E-state index in [-0.39, 0.29) is 0 Å². The summed E-state index contributed by atoms with van der Waals surface area (Å²) < 4.78 is 25.4. The van der Waals surface area contributed by atoms with E-state index >= 15 is 0 Å². The molecule has 198 valence electrons. The van der Waals surface area contributed by atoms with Crippen LogP contribution in [0.5, 0.6) is 17.2 Å². The van der Waals surface area contributed by atoms with Gasteiger partial charge in [-0.15, -0.1) is 0 Å². The number of fused-ring (bicyclic) bond motifs is 1. The lowest BCUT2D eigenvalue weighted by Gasteiger charge is -2.24. The van der Waals surface area contributed by atoms with Gasteiger partial charge in [0, 0.05) is 17.5 Å². The summed E-state index contributed by atoms with van der Waals surface area (Å²) in [5.74, 6) is 3.63. The van der Waals surface area contributed by atoms with E-state index in [4.69, 9.17) is 18.9 Å². The molecule has 0 amide bonds. The molecule has 4 nitrogen and oxygen atoms in total. The third-order valence-corrected chi connectivity index (χ3v) is 6.73. The lowest BCUT2D eigenvalue weighted by Crippen LogP contribution is -2.12. The van der Waals surface area contributed by atoms with Crippen LogP contribution in [-0.2, 0) is 31.0 Å². The van der Waals surface area contributed by atoms with Crippen LogP contribution in [0.3, 0.4) is 0 Å². The second-order valence-corrected chi connectivity index (χ2v) is 9.62. The molecule has 0 aromatic heterocycles. The highest BCUT2D eigenvalue weighted by Gasteiger charge is 2.24. The Kier molecular flexibility index (Phi) is 7.77. The zero-order valence-electron chi connectivity index (χ0n) is 22.2. The predicted molar refractivity (Wildman–Crippen MR) is 157 cm³/mol. The van der Waals surface area contributed by atoms with E-state index in [0.717, 1.165) is 39.3 Å². The smallest absolute Gasteiger partial charge is 0.172 e. The zero-order chi connectivity index (χ0) is 27.0. The number of allylic oxidation sites excluding steroid dienone is 1. The highest BCUT2D eigenvalue weighted by Crippen LogP contribution is 2.39. The summed E-state index contributed by atoms with van der Waals surface area (Å²) in [6.45, 7) is 1.33. The summed E-state index contributed by atoms with van der Waals surface area (Å²) in [5, 5.41) is 0. The molecule has 5 aromatic carbocycles. The van der Waals surface area contributed by atoms with Crippen LogP contribution in [-0.4, -0.2) is 0 Å². The van der Waals surface area contributed by atoms with Gasteiger partial charge in [-0.25, -0.2) is 0 Å². The number of benzene rings is 5. The molecule has 0 aliphatic carbocycles. The van der Waals surface area contributed by atoms with Gasteiger partial charge in [0.15, 0.2) is 17.3 Å². The van der Waals surface area contributed by atoms with E-state index in [1.165, 1.54) is 0 Å². The molecule has 1 aliphatic rings. The van der Waals surface area contributed by atoms with Crippen LogP contribution >= 0.6 is 0 Å². The Balaban J connectivity index is 1.32. The van der Waals surface area contributed by atoms with E-state index < -0.39 is 0 Å². The molecular weight excluding hydrogens is 496 g/mol. The SMILES string of the molecule is c1ccc(COC2=C(c3ccc(OCc4ccccc4)c(OCc4ccccc4)c3)Oc3ccccc3C2)cc1. The molecule has 0 saturated heterocycles. The number of hydrogen-bond acceptors (Lipinski definition) is 4. The van der Waals surface area contributed by atoms with E-state index in [1.54, 1.807) is 0 Å². The summed E-state index contributed by atoms with van der Waals surface area (Å²) >= 11 is 0. The van der Waals surface area contributed by atoms with Crippen LogP contribution in [0.4, 0.5) is 0 Å². The molecule has 0 fully saturated rings. The molecule has 40 heavy (non-hydrogen) atoms. The quantitative estimate of drug-likeness (QED) is 0.183. The van der Waals surface area contributed by atoms with Crippen molar-refractivity contribution >= 4 is 5.76 Å². The molecule has 1 heterocycles. The van der Waals surface area contributed by atoms with Crippen molar-refractivity contribution in [2.45, 2.75) is 26.2 Å². The first-order valence-corrected chi connectivity index (χ1v) is 13.5. The fourth-order valence-electron chi connectivity index (χ4n) is 4.60. The molecule has 0 N–H and O–H groups in total. The first-order valence-electron chi connectivity index (χ1n) is 13.5. The minimum absolute atomic E-state index is 0.423. The second-order valence-electron chi connectivity index (χ2n) is 9.62. The Labute approximate surface area is 235 Å². The first-order chi connectivity index (χ1) is 19.8. The molecular formula is C36H30O4. The first kappa shape index (κ1) is 25.3. The normalized spacial score (nSPS) is 12.3. The number of hydrogen-bond donors (Lipinski definition) is 0. The molecule has 0 saturated carbocycles. The minimum Gasteiger partial charge on any atom is -0.489 e. The van der Waals surface area contributed by atoms with Gasteiger partial charge in [-0.2, -0.15) is 0 Å². The molecule has 0 atom stereocenters. The number of ether oxygens (including phenoxy) is 4. The third-order valence-electron chi connectivity index (χ3n) is 6.73. The van der Waals surface area contributed by atoms with E-state index in [1.807, 2.05) is 115 Å². The molecule has 0 spiro atoms. The van der Waals surface area contributed by atoms with Crippen molar-refractivity contribution in [3.63, 3.8) is 0 Å². The van der Waals surface area contributed by atoms with Gasteiger partial charge in [-0.1, -0.05) is 109 Å². The fourth-order valence-corrected chi connectivity index (χ4v) is 4.60. The summed E-state index contributed by atoms with van der Waals surface area (Å²) in [6, 6.07) is 44.4. The van der Waals surface area contributed by atoms with Gasteiger partial charge < -0.3 is 18.9 Å². The van der Waals surface area contributed by atoms with Gasteiger partial charge in [0.05, 0.1) is 0 Å². The lowest BCUT2D eigenvalue weighted by atomic mass is 10.0. The van der Waals surface area contributed by atoms with Gasteiger partial charge in [-0.3, -0.25) is 0 Å². The maximum Gasteiger partial charge on any atom is 0.172 e. The van der Waals surface area contributed by atoms with Crippen molar-refractivity contribution in [3.8, 4) is 17.2 Å². The monoisotopic (exact) mass is 526 g/mol. The fraction of sp³-hybridized carbons (Fsp3) is 0.111. The average molecular weight is 527 g/mol. The van der Waals surface area contributed by atoms with Crippen molar-refractivity contribution in [1.82, 2.24) is 0 Å². The van der Waals surface area contributed by atoms with Crippen LogP contribution < -0.4 is 14.2 Å². The van der Waals surface area contributed by atoms with Crippen molar-refractivity contribution in [2.75, 3.05) is 0 Å². The van der Waals surface area contributed by atoms with Crippen molar-refractivity contribution in [1.29, 1.82) is 0 Å². The molecule has 0 unspecified atom stereocenters. The van der Waals surface area contributed by atoms with E-state index in [2.05, 4.69) is 18.2 Å². The molecule has 6 rings (SSSR count). The minimum atomic E-state index is 0.423. The summed E-state index contributed by atoms with van der Waals surface area (Å²) in [7, 11) is 0. The van der Waals surface area contributed by atoms with Crippen LogP contribution in [0.1, 0.15) is 27.8 Å². The lowest BCUT2D eigenvalue weighted by molar-refractivity contribution is 0.184. The van der Waals surface area contributed by atoms with Gasteiger partial charge in [-0.05, 0) is 41.0 Å². The Morgan fingerprint density at radius 2 is 1.02 bits per heavy atom. The zero-order valence-corrected chi connectivity index (χ0v) is 22.2. The van der Waals surface area contributed by atoms with Crippen molar-refractivity contribution < 1.29 is 18.9 Å². The van der Waals surface area contributed by atoms with Gasteiger partial charge in [0.2, 0.25) is 0 Å².